The third kappa shape index (κ3) is 2.78. The van der Waals surface area contributed by atoms with Crippen molar-refractivity contribution < 1.29 is 10.2 Å². The molecule has 1 heterocycles. The van der Waals surface area contributed by atoms with Crippen molar-refractivity contribution in [1.82, 2.24) is 9.78 Å². The van der Waals surface area contributed by atoms with E-state index in [1.807, 2.05) is 12.1 Å². The monoisotopic (exact) mass is 252 g/mol. The Bertz CT molecular complexity index is 494. The normalized spacial score (nSPS) is 10.7. The predicted molar refractivity (Wildman–Crippen MR) is 65.2 cm³/mol. The maximum absolute atomic E-state index is 9.18. The van der Waals surface area contributed by atoms with Crippen LogP contribution in [0.5, 0.6) is 5.75 Å². The number of hydrogen-bond donors (Lipinski definition) is 2. The lowest BCUT2D eigenvalue weighted by Gasteiger charge is -2.04. The first-order valence-corrected chi connectivity index (χ1v) is 5.67. The summed E-state index contributed by atoms with van der Waals surface area (Å²) >= 11 is 6.12. The number of halogens is 1. The molecule has 0 aliphatic heterocycles. The van der Waals surface area contributed by atoms with Gasteiger partial charge in [-0.25, -0.2) is 4.68 Å². The minimum absolute atomic E-state index is 0.0601. The molecule has 0 aliphatic carbocycles. The number of aromatic nitrogens is 2. The first kappa shape index (κ1) is 12.0. The molecule has 2 N–H and O–H groups in total. The van der Waals surface area contributed by atoms with Gasteiger partial charge in [0.1, 0.15) is 10.9 Å². The van der Waals surface area contributed by atoms with Gasteiger partial charge in [0, 0.05) is 18.6 Å². The predicted octanol–water partition coefficient (Wildman–Crippen LogP) is 1.83. The van der Waals surface area contributed by atoms with Gasteiger partial charge in [-0.1, -0.05) is 23.7 Å². The van der Waals surface area contributed by atoms with Crippen LogP contribution in [0.15, 0.2) is 30.5 Å². The number of phenolic OH excluding ortho intramolecular Hbond substituents is 1. The average molecular weight is 253 g/mol. The van der Waals surface area contributed by atoms with Gasteiger partial charge in [-0.3, -0.25) is 0 Å². The maximum atomic E-state index is 9.18. The van der Waals surface area contributed by atoms with Crippen molar-refractivity contribution >= 4 is 11.6 Å². The summed E-state index contributed by atoms with van der Waals surface area (Å²) in [6, 6.07) is 6.89. The molecule has 4 nitrogen and oxygen atoms in total. The molecule has 0 bridgehead atoms. The van der Waals surface area contributed by atoms with E-state index in [0.29, 0.717) is 18.1 Å². The van der Waals surface area contributed by atoms with E-state index in [-0.39, 0.29) is 12.4 Å². The quantitative estimate of drug-likeness (QED) is 0.873. The van der Waals surface area contributed by atoms with Crippen LogP contribution < -0.4 is 0 Å². The van der Waals surface area contributed by atoms with Crippen LogP contribution in [-0.2, 0) is 13.0 Å². The van der Waals surface area contributed by atoms with Crippen LogP contribution in [0.3, 0.4) is 0 Å². The van der Waals surface area contributed by atoms with Gasteiger partial charge in [0.05, 0.1) is 12.7 Å². The SMILES string of the molecule is OCCc1cnn(Cc2ccc(O)cc2)c1Cl. The summed E-state index contributed by atoms with van der Waals surface area (Å²) in [6.45, 7) is 0.606. The first-order valence-electron chi connectivity index (χ1n) is 5.29. The van der Waals surface area contributed by atoms with Gasteiger partial charge in [-0.15, -0.1) is 0 Å². The van der Waals surface area contributed by atoms with E-state index in [2.05, 4.69) is 5.10 Å². The second kappa shape index (κ2) is 5.21. The second-order valence-electron chi connectivity index (χ2n) is 3.76. The van der Waals surface area contributed by atoms with Gasteiger partial charge in [-0.05, 0) is 17.7 Å². The highest BCUT2D eigenvalue weighted by Gasteiger charge is 2.08. The maximum Gasteiger partial charge on any atom is 0.130 e. The van der Waals surface area contributed by atoms with Crippen molar-refractivity contribution in [2.45, 2.75) is 13.0 Å². The van der Waals surface area contributed by atoms with Gasteiger partial charge in [-0.2, -0.15) is 5.10 Å². The molecule has 0 fully saturated rings. The Hall–Kier alpha value is -1.52. The zero-order chi connectivity index (χ0) is 12.3. The molecule has 5 heteroatoms. The number of rotatable bonds is 4. The van der Waals surface area contributed by atoms with Crippen LogP contribution in [0.1, 0.15) is 11.1 Å². The van der Waals surface area contributed by atoms with Gasteiger partial charge >= 0.3 is 0 Å². The fraction of sp³-hybridized carbons (Fsp3) is 0.250. The number of aliphatic hydroxyl groups is 1. The Morgan fingerprint density at radius 1 is 1.24 bits per heavy atom. The van der Waals surface area contributed by atoms with E-state index >= 15 is 0 Å². The van der Waals surface area contributed by atoms with Crippen LogP contribution in [0.25, 0.3) is 0 Å². The molecule has 0 spiro atoms. The van der Waals surface area contributed by atoms with Crippen LogP contribution in [0.2, 0.25) is 5.15 Å². The minimum Gasteiger partial charge on any atom is -0.508 e. The number of benzene rings is 1. The van der Waals surface area contributed by atoms with Gasteiger partial charge in [0.25, 0.3) is 0 Å². The third-order valence-electron chi connectivity index (χ3n) is 2.49. The van der Waals surface area contributed by atoms with Crippen LogP contribution in [0.4, 0.5) is 0 Å². The Morgan fingerprint density at radius 3 is 2.59 bits per heavy atom. The van der Waals surface area contributed by atoms with Crippen LogP contribution in [-0.4, -0.2) is 26.6 Å². The Kier molecular flexibility index (Phi) is 3.66. The minimum atomic E-state index is 0.0601. The fourth-order valence-electron chi connectivity index (χ4n) is 1.58. The van der Waals surface area contributed by atoms with Gasteiger partial charge in [0.15, 0.2) is 0 Å². The summed E-state index contributed by atoms with van der Waals surface area (Å²) in [7, 11) is 0. The molecular weight excluding hydrogens is 240 g/mol. The molecule has 0 radical (unpaired) electrons. The number of aliphatic hydroxyl groups excluding tert-OH is 1. The Labute approximate surface area is 104 Å². The molecular formula is C12H13ClN2O2. The summed E-state index contributed by atoms with van der Waals surface area (Å²) in [5.74, 6) is 0.237. The third-order valence-corrected chi connectivity index (χ3v) is 2.93. The Morgan fingerprint density at radius 2 is 1.94 bits per heavy atom. The second-order valence-corrected chi connectivity index (χ2v) is 4.12. The summed E-state index contributed by atoms with van der Waals surface area (Å²) in [4.78, 5) is 0. The van der Waals surface area contributed by atoms with Gasteiger partial charge < -0.3 is 10.2 Å². The molecule has 90 valence electrons. The fourth-order valence-corrected chi connectivity index (χ4v) is 1.83. The topological polar surface area (TPSA) is 58.3 Å². The lowest BCUT2D eigenvalue weighted by Crippen LogP contribution is -2.02. The van der Waals surface area contributed by atoms with E-state index in [1.54, 1.807) is 23.0 Å². The molecule has 0 saturated heterocycles. The lowest BCUT2D eigenvalue weighted by atomic mass is 10.2. The van der Waals surface area contributed by atoms with Crippen molar-refractivity contribution in [3.8, 4) is 5.75 Å². The van der Waals surface area contributed by atoms with Crippen LogP contribution in [0, 0.1) is 0 Å². The van der Waals surface area contributed by atoms with Crippen molar-refractivity contribution in [1.29, 1.82) is 0 Å². The highest BCUT2D eigenvalue weighted by atomic mass is 35.5. The summed E-state index contributed by atoms with van der Waals surface area (Å²) in [5.41, 5.74) is 1.84. The van der Waals surface area contributed by atoms with Crippen molar-refractivity contribution in [3.63, 3.8) is 0 Å². The zero-order valence-electron chi connectivity index (χ0n) is 9.17. The molecule has 2 rings (SSSR count). The number of hydrogen-bond acceptors (Lipinski definition) is 3. The lowest BCUT2D eigenvalue weighted by molar-refractivity contribution is 0.299. The number of nitrogens with zero attached hydrogens (tertiary/aromatic N) is 2. The van der Waals surface area contributed by atoms with E-state index in [0.717, 1.165) is 11.1 Å². The van der Waals surface area contributed by atoms with Crippen molar-refractivity contribution in [2.24, 2.45) is 0 Å². The molecule has 1 aromatic carbocycles. The molecule has 2 aromatic rings. The summed E-state index contributed by atoms with van der Waals surface area (Å²) in [6.07, 6.45) is 2.17. The number of aromatic hydroxyl groups is 1. The summed E-state index contributed by atoms with van der Waals surface area (Å²) < 4.78 is 1.67. The smallest absolute Gasteiger partial charge is 0.130 e. The largest absolute Gasteiger partial charge is 0.508 e. The number of phenols is 1. The van der Waals surface area contributed by atoms with Gasteiger partial charge in [0.2, 0.25) is 0 Å². The molecule has 0 amide bonds. The molecule has 0 saturated carbocycles. The van der Waals surface area contributed by atoms with E-state index in [4.69, 9.17) is 16.7 Å². The van der Waals surface area contributed by atoms with E-state index in [1.165, 1.54) is 0 Å². The van der Waals surface area contributed by atoms with Crippen LogP contribution >= 0.6 is 11.6 Å². The highest BCUT2D eigenvalue weighted by molar-refractivity contribution is 6.30. The highest BCUT2D eigenvalue weighted by Crippen LogP contribution is 2.18. The first-order chi connectivity index (χ1) is 8.20. The Balaban J connectivity index is 2.16. The summed E-state index contributed by atoms with van der Waals surface area (Å²) in [5, 5.41) is 22.7. The van der Waals surface area contributed by atoms with E-state index in [9.17, 15) is 5.11 Å². The van der Waals surface area contributed by atoms with Crippen molar-refractivity contribution in [3.05, 3.63) is 46.7 Å². The molecule has 0 atom stereocenters. The molecule has 0 aliphatic rings. The van der Waals surface area contributed by atoms with Crippen molar-refractivity contribution in [2.75, 3.05) is 6.61 Å². The molecule has 17 heavy (non-hydrogen) atoms. The molecule has 1 aromatic heterocycles. The molecule has 0 unspecified atom stereocenters. The average Bonchev–Trinajstić information content (AvgIpc) is 2.65. The van der Waals surface area contributed by atoms with E-state index < -0.39 is 0 Å². The zero-order valence-corrected chi connectivity index (χ0v) is 9.93. The standard InChI is InChI=1S/C12H13ClN2O2/c13-12-10(5-6-16)7-14-15(12)8-9-1-3-11(17)4-2-9/h1-4,7,16-17H,5-6,8H2.